The van der Waals surface area contributed by atoms with E-state index in [1.54, 1.807) is 4.57 Å². The molecule has 1 heterocycles. The van der Waals surface area contributed by atoms with Crippen molar-refractivity contribution in [3.63, 3.8) is 0 Å². The molecule has 0 saturated carbocycles. The van der Waals surface area contributed by atoms with Gasteiger partial charge in [0.05, 0.1) is 0 Å². The Balaban J connectivity index is 3.06. The summed E-state index contributed by atoms with van der Waals surface area (Å²) in [7, 11) is 0. The van der Waals surface area contributed by atoms with E-state index in [2.05, 4.69) is 6.07 Å². The lowest BCUT2D eigenvalue weighted by atomic mass is 10.4. The van der Waals surface area contributed by atoms with Crippen LogP contribution in [0.15, 0.2) is 34.8 Å². The van der Waals surface area contributed by atoms with Crippen molar-refractivity contribution < 1.29 is 4.57 Å². The van der Waals surface area contributed by atoms with Crippen LogP contribution in [0.3, 0.4) is 0 Å². The van der Waals surface area contributed by atoms with Crippen LogP contribution < -0.4 is 4.57 Å². The summed E-state index contributed by atoms with van der Waals surface area (Å²) < 4.78 is 2.39. The van der Waals surface area contributed by atoms with E-state index in [9.17, 15) is 0 Å². The Labute approximate surface area is 93.7 Å². The normalized spacial score (nSPS) is 11.7. The molecule has 0 spiro atoms. The maximum Gasteiger partial charge on any atom is 0.275 e. The molecule has 0 aliphatic carbocycles. The molecule has 0 atom stereocenters. The molecule has 0 bridgehead atoms. The minimum absolute atomic E-state index is 0.521. The van der Waals surface area contributed by atoms with Crippen LogP contribution in [-0.2, 0) is 12.6 Å². The first-order valence-electron chi connectivity index (χ1n) is 4.20. The quantitative estimate of drug-likeness (QED) is 0.444. The molecule has 4 heteroatoms. The highest BCUT2D eigenvalue weighted by atomic mass is 32.2. The predicted molar refractivity (Wildman–Crippen MR) is 61.0 cm³/mol. The zero-order valence-electron chi connectivity index (χ0n) is 7.80. The first-order valence-corrected chi connectivity index (χ1v) is 5.59. The molecule has 0 fully saturated rings. The van der Waals surface area contributed by atoms with Gasteiger partial charge in [0.25, 0.3) is 5.70 Å². The summed E-state index contributed by atoms with van der Waals surface area (Å²) in [4.78, 5) is 0. The zero-order valence-corrected chi connectivity index (χ0v) is 9.44. The van der Waals surface area contributed by atoms with Gasteiger partial charge in [0.2, 0.25) is 0 Å². The lowest BCUT2D eigenvalue weighted by molar-refractivity contribution is -0.577. The number of nitrogens with zero attached hydrogens (tertiary/aromatic N) is 2. The standard InChI is InChI=1S/C10H10N2S2/c1-2-14-10(13)9(8-11)12-6-4-3-5-7-12/h3-7H,2H2,1H3. The van der Waals surface area contributed by atoms with Gasteiger partial charge < -0.3 is 12.6 Å². The van der Waals surface area contributed by atoms with E-state index >= 15 is 0 Å². The molecule has 0 unspecified atom stereocenters. The van der Waals surface area contributed by atoms with Crippen molar-refractivity contribution in [2.24, 2.45) is 0 Å². The highest BCUT2D eigenvalue weighted by Crippen LogP contribution is 2.16. The smallest absolute Gasteiger partial charge is 0.275 e. The van der Waals surface area contributed by atoms with Crippen LogP contribution in [0.2, 0.25) is 0 Å². The van der Waals surface area contributed by atoms with E-state index in [0.29, 0.717) is 9.93 Å². The van der Waals surface area contributed by atoms with Gasteiger partial charge in [-0.15, -0.1) is 11.8 Å². The second-order valence-electron chi connectivity index (χ2n) is 2.46. The fourth-order valence-electron chi connectivity index (χ4n) is 0.956. The van der Waals surface area contributed by atoms with Gasteiger partial charge in [0.15, 0.2) is 18.5 Å². The van der Waals surface area contributed by atoms with Gasteiger partial charge in [-0.2, -0.15) is 9.83 Å². The monoisotopic (exact) mass is 222 g/mol. The highest BCUT2D eigenvalue weighted by molar-refractivity contribution is 8.11. The van der Waals surface area contributed by atoms with Gasteiger partial charge in [0, 0.05) is 12.1 Å². The van der Waals surface area contributed by atoms with Crippen molar-refractivity contribution >= 4 is 30.1 Å². The van der Waals surface area contributed by atoms with Crippen molar-refractivity contribution in [1.82, 2.24) is 0 Å². The first-order chi connectivity index (χ1) is 6.79. The third-order valence-corrected chi connectivity index (χ3v) is 2.84. The minimum Gasteiger partial charge on any atom is -0.766 e. The van der Waals surface area contributed by atoms with Gasteiger partial charge in [-0.05, 0) is 5.75 Å². The van der Waals surface area contributed by atoms with Crippen molar-refractivity contribution in [3.8, 4) is 6.07 Å². The second kappa shape index (κ2) is 5.63. The summed E-state index contributed by atoms with van der Waals surface area (Å²) in [6.07, 6.45) is 3.64. The van der Waals surface area contributed by atoms with E-state index in [0.717, 1.165) is 5.75 Å². The van der Waals surface area contributed by atoms with Crippen LogP contribution in [0.5, 0.6) is 0 Å². The molecule has 0 radical (unpaired) electrons. The molecule has 14 heavy (non-hydrogen) atoms. The lowest BCUT2D eigenvalue weighted by Gasteiger charge is -2.08. The van der Waals surface area contributed by atoms with Gasteiger partial charge >= 0.3 is 0 Å². The molecule has 72 valence electrons. The molecule has 0 N–H and O–H groups in total. The number of thioether (sulfide) groups is 1. The van der Waals surface area contributed by atoms with Crippen LogP contribution in [-0.4, -0.2) is 5.75 Å². The molecular weight excluding hydrogens is 212 g/mol. The summed E-state index contributed by atoms with van der Waals surface area (Å²) in [5.41, 5.74) is 0.521. The number of rotatable bonds is 3. The molecule has 0 saturated heterocycles. The van der Waals surface area contributed by atoms with Crippen molar-refractivity contribution in [1.29, 1.82) is 5.26 Å². The van der Waals surface area contributed by atoms with E-state index in [-0.39, 0.29) is 0 Å². The largest absolute Gasteiger partial charge is 0.766 e. The molecule has 0 aliphatic rings. The summed E-state index contributed by atoms with van der Waals surface area (Å²) in [5, 5.41) is 8.97. The average molecular weight is 222 g/mol. The summed E-state index contributed by atoms with van der Waals surface area (Å²) in [6.45, 7) is 2.02. The van der Waals surface area contributed by atoms with Gasteiger partial charge in [-0.3, -0.25) is 0 Å². The summed E-state index contributed by atoms with van der Waals surface area (Å²) >= 11 is 6.65. The zero-order chi connectivity index (χ0) is 10.4. The molecular formula is C10H10N2S2. The molecule has 1 rings (SSSR count). The molecule has 0 aromatic carbocycles. The highest BCUT2D eigenvalue weighted by Gasteiger charge is 2.07. The lowest BCUT2D eigenvalue weighted by Crippen LogP contribution is -2.30. The molecule has 1 aromatic rings. The number of hydrogen-bond donors (Lipinski definition) is 0. The van der Waals surface area contributed by atoms with Crippen LogP contribution in [0.1, 0.15) is 6.92 Å². The second-order valence-corrected chi connectivity index (χ2v) is 4.40. The van der Waals surface area contributed by atoms with Crippen LogP contribution in [0.4, 0.5) is 0 Å². The number of aromatic nitrogens is 1. The third kappa shape index (κ3) is 2.72. The Morgan fingerprint density at radius 1 is 1.43 bits per heavy atom. The third-order valence-electron chi connectivity index (χ3n) is 1.55. The van der Waals surface area contributed by atoms with Gasteiger partial charge in [0.1, 0.15) is 0 Å². The maximum absolute atomic E-state index is 8.97. The molecule has 0 amide bonds. The summed E-state index contributed by atoms with van der Waals surface area (Å²) in [6, 6.07) is 7.77. The van der Waals surface area contributed by atoms with Gasteiger partial charge in [-0.25, -0.2) is 0 Å². The van der Waals surface area contributed by atoms with Gasteiger partial charge in [-0.1, -0.05) is 17.2 Å². The van der Waals surface area contributed by atoms with E-state index in [4.69, 9.17) is 17.9 Å². The predicted octanol–water partition coefficient (Wildman–Crippen LogP) is 1.92. The average Bonchev–Trinajstić information content (AvgIpc) is 2.21. The SMILES string of the molecule is CCSC([S-])=C(C#N)[n+]1ccccc1. The number of nitriles is 1. The van der Waals surface area contributed by atoms with E-state index in [1.807, 2.05) is 37.5 Å². The Morgan fingerprint density at radius 3 is 2.57 bits per heavy atom. The first kappa shape index (κ1) is 11.0. The van der Waals surface area contributed by atoms with Crippen LogP contribution in [0, 0.1) is 11.3 Å². The Hall–Kier alpha value is -1.05. The number of allylic oxidation sites excluding steroid dienone is 1. The van der Waals surface area contributed by atoms with E-state index < -0.39 is 0 Å². The van der Waals surface area contributed by atoms with Crippen molar-refractivity contribution in [2.75, 3.05) is 5.75 Å². The molecule has 2 nitrogen and oxygen atoms in total. The Bertz CT molecular complexity index is 365. The minimum atomic E-state index is 0.521. The number of hydrogen-bond acceptors (Lipinski definition) is 3. The van der Waals surface area contributed by atoms with Crippen LogP contribution >= 0.6 is 11.8 Å². The Morgan fingerprint density at radius 2 is 2.07 bits per heavy atom. The van der Waals surface area contributed by atoms with Crippen molar-refractivity contribution in [3.05, 3.63) is 34.8 Å². The number of pyridine rings is 1. The molecule has 1 aromatic heterocycles. The van der Waals surface area contributed by atoms with Crippen LogP contribution in [0.25, 0.3) is 5.70 Å². The summed E-state index contributed by atoms with van der Waals surface area (Å²) in [5.74, 6) is 0.886. The van der Waals surface area contributed by atoms with Crippen molar-refractivity contribution in [2.45, 2.75) is 6.92 Å². The van der Waals surface area contributed by atoms with E-state index in [1.165, 1.54) is 11.8 Å². The fraction of sp³-hybridized carbons (Fsp3) is 0.200. The topological polar surface area (TPSA) is 27.7 Å². The Kier molecular flexibility index (Phi) is 4.44. The maximum atomic E-state index is 8.97. The fourth-order valence-corrected chi connectivity index (χ4v) is 2.01. The molecule has 0 aliphatic heterocycles.